The SMILES string of the molecule is CC(=Cc1cc(C)c(-c2ccc(NC(C)C)cc2F)cc1C)C(=O)NC1CC1. The fourth-order valence-electron chi connectivity index (χ4n) is 3.27. The van der Waals surface area contributed by atoms with Crippen molar-refractivity contribution in [2.45, 2.75) is 59.5 Å². The Balaban J connectivity index is 1.88. The molecule has 2 aromatic rings. The molecule has 28 heavy (non-hydrogen) atoms. The third-order valence-electron chi connectivity index (χ3n) is 4.97. The second kappa shape index (κ2) is 8.17. The second-order valence-electron chi connectivity index (χ2n) is 8.09. The van der Waals surface area contributed by atoms with Gasteiger partial charge in [-0.2, -0.15) is 0 Å². The van der Waals surface area contributed by atoms with E-state index in [0.717, 1.165) is 40.8 Å². The summed E-state index contributed by atoms with van der Waals surface area (Å²) in [5, 5.41) is 6.23. The number of amides is 1. The molecule has 0 heterocycles. The van der Waals surface area contributed by atoms with Gasteiger partial charge in [-0.25, -0.2) is 4.39 Å². The summed E-state index contributed by atoms with van der Waals surface area (Å²) in [6.45, 7) is 9.86. The number of carbonyl (C=O) groups is 1. The number of hydrogen-bond donors (Lipinski definition) is 2. The molecule has 0 aliphatic heterocycles. The largest absolute Gasteiger partial charge is 0.383 e. The van der Waals surface area contributed by atoms with Crippen molar-refractivity contribution in [3.05, 3.63) is 58.4 Å². The monoisotopic (exact) mass is 380 g/mol. The maximum Gasteiger partial charge on any atom is 0.247 e. The molecular formula is C24H29FN2O. The van der Waals surface area contributed by atoms with Gasteiger partial charge < -0.3 is 10.6 Å². The smallest absolute Gasteiger partial charge is 0.247 e. The van der Waals surface area contributed by atoms with Crippen molar-refractivity contribution in [3.63, 3.8) is 0 Å². The van der Waals surface area contributed by atoms with Gasteiger partial charge in [-0.15, -0.1) is 0 Å². The maximum absolute atomic E-state index is 14.7. The highest BCUT2D eigenvalue weighted by Crippen LogP contribution is 2.31. The van der Waals surface area contributed by atoms with Crippen LogP contribution in [0.4, 0.5) is 10.1 Å². The number of hydrogen-bond acceptors (Lipinski definition) is 2. The zero-order chi connectivity index (χ0) is 20.4. The molecule has 0 unspecified atom stereocenters. The second-order valence-corrected chi connectivity index (χ2v) is 8.09. The zero-order valence-electron chi connectivity index (χ0n) is 17.3. The average Bonchev–Trinajstić information content (AvgIpc) is 3.41. The van der Waals surface area contributed by atoms with Gasteiger partial charge in [-0.1, -0.05) is 12.1 Å². The normalized spacial score (nSPS) is 14.3. The van der Waals surface area contributed by atoms with E-state index in [1.165, 1.54) is 0 Å². The molecule has 0 radical (unpaired) electrons. The number of carbonyl (C=O) groups excluding carboxylic acids is 1. The summed E-state index contributed by atoms with van der Waals surface area (Å²) in [6.07, 6.45) is 4.06. The molecule has 0 saturated heterocycles. The van der Waals surface area contributed by atoms with Crippen LogP contribution >= 0.6 is 0 Å². The van der Waals surface area contributed by atoms with Crippen LogP contribution in [0.5, 0.6) is 0 Å². The Labute approximate surface area is 167 Å². The highest BCUT2D eigenvalue weighted by atomic mass is 19.1. The first kappa shape index (κ1) is 20.1. The number of halogens is 1. The molecule has 2 N–H and O–H groups in total. The molecule has 148 valence electrons. The predicted molar refractivity (Wildman–Crippen MR) is 115 cm³/mol. The van der Waals surface area contributed by atoms with Crippen LogP contribution in [-0.2, 0) is 4.79 Å². The standard InChI is InChI=1S/C24H29FN2O/c1-14(2)26-20-8-9-21(23(25)13-20)22-12-15(3)18(10-16(22)4)11-17(5)24(28)27-19-6-7-19/h8-14,19,26H,6-7H2,1-5H3,(H,27,28). The Morgan fingerprint density at radius 2 is 1.82 bits per heavy atom. The minimum atomic E-state index is -0.239. The van der Waals surface area contributed by atoms with Crippen molar-refractivity contribution in [1.29, 1.82) is 0 Å². The van der Waals surface area contributed by atoms with Crippen molar-refractivity contribution in [1.82, 2.24) is 5.32 Å². The van der Waals surface area contributed by atoms with E-state index in [-0.39, 0.29) is 17.8 Å². The first-order valence-corrected chi connectivity index (χ1v) is 9.91. The van der Waals surface area contributed by atoms with Crippen molar-refractivity contribution < 1.29 is 9.18 Å². The van der Waals surface area contributed by atoms with Crippen LogP contribution in [0.15, 0.2) is 35.9 Å². The van der Waals surface area contributed by atoms with E-state index in [2.05, 4.69) is 10.6 Å². The van der Waals surface area contributed by atoms with Crippen molar-refractivity contribution >= 4 is 17.7 Å². The lowest BCUT2D eigenvalue weighted by molar-refractivity contribution is -0.117. The topological polar surface area (TPSA) is 41.1 Å². The molecule has 4 heteroatoms. The average molecular weight is 381 g/mol. The van der Waals surface area contributed by atoms with E-state index in [9.17, 15) is 9.18 Å². The van der Waals surface area contributed by atoms with E-state index in [1.807, 2.05) is 65.0 Å². The lowest BCUT2D eigenvalue weighted by Crippen LogP contribution is -2.25. The van der Waals surface area contributed by atoms with Crippen LogP contribution in [0.1, 0.15) is 50.3 Å². The molecule has 2 aromatic carbocycles. The summed E-state index contributed by atoms with van der Waals surface area (Å²) < 4.78 is 14.7. The molecule has 0 atom stereocenters. The Kier molecular flexibility index (Phi) is 5.87. The maximum atomic E-state index is 14.7. The number of benzene rings is 2. The first-order chi connectivity index (χ1) is 13.2. The highest BCUT2D eigenvalue weighted by Gasteiger charge is 2.23. The minimum absolute atomic E-state index is 0.0112. The quantitative estimate of drug-likeness (QED) is 0.639. The molecule has 1 aliphatic carbocycles. The van der Waals surface area contributed by atoms with Gasteiger partial charge in [0, 0.05) is 28.9 Å². The fraction of sp³-hybridized carbons (Fsp3) is 0.375. The van der Waals surface area contributed by atoms with E-state index in [0.29, 0.717) is 17.2 Å². The van der Waals surface area contributed by atoms with Gasteiger partial charge in [0.15, 0.2) is 0 Å². The summed E-state index contributed by atoms with van der Waals surface area (Å²) in [7, 11) is 0. The molecule has 0 aromatic heterocycles. The van der Waals surface area contributed by atoms with Gasteiger partial charge in [0.1, 0.15) is 5.82 Å². The van der Waals surface area contributed by atoms with Crippen molar-refractivity contribution in [2.24, 2.45) is 0 Å². The van der Waals surface area contributed by atoms with Gasteiger partial charge >= 0.3 is 0 Å². The summed E-state index contributed by atoms with van der Waals surface area (Å²) in [5.74, 6) is -0.251. The molecular weight excluding hydrogens is 351 g/mol. The van der Waals surface area contributed by atoms with Crippen LogP contribution in [0.2, 0.25) is 0 Å². The molecule has 1 fully saturated rings. The van der Waals surface area contributed by atoms with Crippen molar-refractivity contribution in [3.8, 4) is 11.1 Å². The van der Waals surface area contributed by atoms with Gasteiger partial charge in [-0.3, -0.25) is 4.79 Å². The van der Waals surface area contributed by atoms with E-state index in [4.69, 9.17) is 0 Å². The van der Waals surface area contributed by atoms with Gasteiger partial charge in [-0.05, 0) is 94.0 Å². The van der Waals surface area contributed by atoms with Crippen LogP contribution in [0.25, 0.3) is 17.2 Å². The summed E-state index contributed by atoms with van der Waals surface area (Å²) >= 11 is 0. The number of nitrogens with one attached hydrogen (secondary N) is 2. The van der Waals surface area contributed by atoms with E-state index < -0.39 is 0 Å². The Bertz CT molecular complexity index is 926. The molecule has 0 spiro atoms. The lowest BCUT2D eigenvalue weighted by Gasteiger charge is -2.14. The molecule has 1 aliphatic rings. The lowest BCUT2D eigenvalue weighted by atomic mass is 9.93. The van der Waals surface area contributed by atoms with Crippen LogP contribution < -0.4 is 10.6 Å². The van der Waals surface area contributed by atoms with Crippen LogP contribution in [0, 0.1) is 19.7 Å². The van der Waals surface area contributed by atoms with Crippen molar-refractivity contribution in [2.75, 3.05) is 5.32 Å². The van der Waals surface area contributed by atoms with Crippen LogP contribution in [-0.4, -0.2) is 18.0 Å². The predicted octanol–water partition coefficient (Wildman–Crippen LogP) is 5.61. The van der Waals surface area contributed by atoms with Gasteiger partial charge in [0.05, 0.1) is 0 Å². The van der Waals surface area contributed by atoms with Gasteiger partial charge in [0.25, 0.3) is 0 Å². The fourth-order valence-corrected chi connectivity index (χ4v) is 3.27. The highest BCUT2D eigenvalue weighted by molar-refractivity contribution is 5.97. The van der Waals surface area contributed by atoms with E-state index >= 15 is 0 Å². The molecule has 1 amide bonds. The van der Waals surface area contributed by atoms with Crippen LogP contribution in [0.3, 0.4) is 0 Å². The Hall–Kier alpha value is -2.62. The third-order valence-corrected chi connectivity index (χ3v) is 4.97. The number of aryl methyl sites for hydroxylation is 2. The molecule has 1 saturated carbocycles. The van der Waals surface area contributed by atoms with Gasteiger partial charge in [0.2, 0.25) is 5.91 Å². The summed E-state index contributed by atoms with van der Waals surface area (Å²) in [5.41, 5.74) is 5.93. The minimum Gasteiger partial charge on any atom is -0.383 e. The molecule has 3 rings (SSSR count). The Morgan fingerprint density at radius 3 is 2.43 bits per heavy atom. The molecule has 0 bridgehead atoms. The zero-order valence-corrected chi connectivity index (χ0v) is 17.3. The Morgan fingerprint density at radius 1 is 1.11 bits per heavy atom. The van der Waals surface area contributed by atoms with E-state index in [1.54, 1.807) is 6.07 Å². The summed E-state index contributed by atoms with van der Waals surface area (Å²) in [4.78, 5) is 12.2. The summed E-state index contributed by atoms with van der Waals surface area (Å²) in [6, 6.07) is 9.90. The first-order valence-electron chi connectivity index (χ1n) is 9.91. The third kappa shape index (κ3) is 4.80. The number of rotatable bonds is 6. The molecule has 3 nitrogen and oxygen atoms in total. The number of anilines is 1.